The maximum Gasteiger partial charge on any atom is 0.165 e. The molecule has 0 bridgehead atoms. The third-order valence-corrected chi connectivity index (χ3v) is 3.52. The SMILES string of the molecule is CCCC(=O)C1(OC)CCSC1. The summed E-state index contributed by atoms with van der Waals surface area (Å²) in [4.78, 5) is 11.7. The number of Topliss-reactive ketones (excluding diaryl/α,β-unsaturated/α-hetero) is 1. The van der Waals surface area contributed by atoms with Gasteiger partial charge in [-0.2, -0.15) is 11.8 Å². The Morgan fingerprint density at radius 3 is 2.83 bits per heavy atom. The van der Waals surface area contributed by atoms with Crippen LogP contribution in [0.25, 0.3) is 0 Å². The van der Waals surface area contributed by atoms with Gasteiger partial charge in [0.1, 0.15) is 5.60 Å². The highest BCUT2D eigenvalue weighted by molar-refractivity contribution is 7.99. The maximum atomic E-state index is 11.7. The second-order valence-electron chi connectivity index (χ2n) is 3.17. The molecule has 12 heavy (non-hydrogen) atoms. The van der Waals surface area contributed by atoms with Crippen molar-refractivity contribution in [2.45, 2.75) is 31.8 Å². The van der Waals surface area contributed by atoms with E-state index in [-0.39, 0.29) is 5.78 Å². The molecule has 1 saturated heterocycles. The molecule has 1 fully saturated rings. The van der Waals surface area contributed by atoms with Gasteiger partial charge < -0.3 is 4.74 Å². The van der Waals surface area contributed by atoms with Crippen molar-refractivity contribution < 1.29 is 9.53 Å². The van der Waals surface area contributed by atoms with Crippen LogP contribution in [0.2, 0.25) is 0 Å². The molecule has 0 spiro atoms. The molecular formula is C9H16O2S. The highest BCUT2D eigenvalue weighted by Gasteiger charge is 2.40. The van der Waals surface area contributed by atoms with Crippen LogP contribution in [0.1, 0.15) is 26.2 Å². The topological polar surface area (TPSA) is 26.3 Å². The molecule has 1 aliphatic heterocycles. The van der Waals surface area contributed by atoms with Crippen LogP contribution < -0.4 is 0 Å². The number of ketones is 1. The van der Waals surface area contributed by atoms with Crippen molar-refractivity contribution in [3.8, 4) is 0 Å². The van der Waals surface area contributed by atoms with Crippen LogP contribution in [-0.4, -0.2) is 30.0 Å². The van der Waals surface area contributed by atoms with Crippen molar-refractivity contribution in [2.24, 2.45) is 0 Å². The summed E-state index contributed by atoms with van der Waals surface area (Å²) in [7, 11) is 1.65. The molecule has 2 nitrogen and oxygen atoms in total. The van der Waals surface area contributed by atoms with Gasteiger partial charge in [0.25, 0.3) is 0 Å². The lowest BCUT2D eigenvalue weighted by Crippen LogP contribution is -2.40. The molecule has 1 rings (SSSR count). The van der Waals surface area contributed by atoms with Crippen molar-refractivity contribution >= 4 is 17.5 Å². The standard InChI is InChI=1S/C9H16O2S/c1-3-4-8(10)9(11-2)5-6-12-7-9/h3-7H2,1-2H3. The number of rotatable bonds is 4. The smallest absolute Gasteiger partial charge is 0.165 e. The third-order valence-electron chi connectivity index (χ3n) is 2.36. The van der Waals surface area contributed by atoms with Crippen molar-refractivity contribution in [3.05, 3.63) is 0 Å². The molecular weight excluding hydrogens is 172 g/mol. The lowest BCUT2D eigenvalue weighted by Gasteiger charge is -2.24. The van der Waals surface area contributed by atoms with Crippen LogP contribution in [0.4, 0.5) is 0 Å². The second kappa shape index (κ2) is 4.28. The minimum atomic E-state index is -0.430. The van der Waals surface area contributed by atoms with E-state index in [0.717, 1.165) is 24.3 Å². The highest BCUT2D eigenvalue weighted by atomic mass is 32.2. The fourth-order valence-corrected chi connectivity index (χ4v) is 2.87. The lowest BCUT2D eigenvalue weighted by molar-refractivity contribution is -0.138. The first-order chi connectivity index (χ1) is 5.75. The van der Waals surface area contributed by atoms with Gasteiger partial charge in [0, 0.05) is 19.3 Å². The zero-order chi connectivity index (χ0) is 9.03. The first-order valence-electron chi connectivity index (χ1n) is 4.41. The minimum absolute atomic E-state index is 0.289. The number of carbonyl (C=O) groups is 1. The van der Waals surface area contributed by atoms with E-state index in [1.54, 1.807) is 7.11 Å². The van der Waals surface area contributed by atoms with Gasteiger partial charge in [0.05, 0.1) is 0 Å². The number of carbonyl (C=O) groups excluding carboxylic acids is 1. The van der Waals surface area contributed by atoms with Gasteiger partial charge in [-0.15, -0.1) is 0 Å². The monoisotopic (exact) mass is 188 g/mol. The Morgan fingerprint density at radius 1 is 1.67 bits per heavy atom. The van der Waals surface area contributed by atoms with Gasteiger partial charge in [0.2, 0.25) is 0 Å². The van der Waals surface area contributed by atoms with E-state index in [2.05, 4.69) is 0 Å². The van der Waals surface area contributed by atoms with Crippen molar-refractivity contribution in [3.63, 3.8) is 0 Å². The van der Waals surface area contributed by atoms with E-state index in [1.807, 2.05) is 18.7 Å². The number of methoxy groups -OCH3 is 1. The molecule has 1 unspecified atom stereocenters. The summed E-state index contributed by atoms with van der Waals surface area (Å²) in [6.45, 7) is 2.03. The van der Waals surface area contributed by atoms with Gasteiger partial charge in [-0.3, -0.25) is 4.79 Å². The van der Waals surface area contributed by atoms with E-state index in [4.69, 9.17) is 4.74 Å². The molecule has 1 atom stereocenters. The summed E-state index contributed by atoms with van der Waals surface area (Å²) in [6.07, 6.45) is 2.48. The average Bonchev–Trinajstić information content (AvgIpc) is 2.54. The van der Waals surface area contributed by atoms with Crippen molar-refractivity contribution in [2.75, 3.05) is 18.6 Å². The van der Waals surface area contributed by atoms with E-state index >= 15 is 0 Å². The number of hydrogen-bond acceptors (Lipinski definition) is 3. The van der Waals surface area contributed by atoms with Crippen LogP contribution in [-0.2, 0) is 9.53 Å². The van der Waals surface area contributed by atoms with Gasteiger partial charge in [-0.1, -0.05) is 6.92 Å². The number of ether oxygens (including phenoxy) is 1. The summed E-state index contributed by atoms with van der Waals surface area (Å²) < 4.78 is 5.34. The first-order valence-corrected chi connectivity index (χ1v) is 5.57. The van der Waals surface area contributed by atoms with E-state index < -0.39 is 5.60 Å². The summed E-state index contributed by atoms with van der Waals surface area (Å²) in [5.41, 5.74) is -0.430. The maximum absolute atomic E-state index is 11.7. The molecule has 70 valence electrons. The van der Waals surface area contributed by atoms with E-state index in [0.29, 0.717) is 6.42 Å². The predicted octanol–water partition coefficient (Wildman–Crippen LogP) is 1.88. The Balaban J connectivity index is 2.59. The van der Waals surface area contributed by atoms with Crippen LogP contribution in [0.15, 0.2) is 0 Å². The largest absolute Gasteiger partial charge is 0.370 e. The fourth-order valence-electron chi connectivity index (χ4n) is 1.50. The third kappa shape index (κ3) is 1.83. The molecule has 0 aromatic carbocycles. The summed E-state index contributed by atoms with van der Waals surface area (Å²) in [5, 5.41) is 0. The Morgan fingerprint density at radius 2 is 2.42 bits per heavy atom. The van der Waals surface area contributed by atoms with E-state index in [9.17, 15) is 4.79 Å². The Bertz CT molecular complexity index is 162. The second-order valence-corrected chi connectivity index (χ2v) is 4.28. The Kier molecular flexibility index (Phi) is 3.59. The van der Waals surface area contributed by atoms with Crippen LogP contribution >= 0.6 is 11.8 Å². The van der Waals surface area contributed by atoms with Crippen molar-refractivity contribution in [1.29, 1.82) is 0 Å². The zero-order valence-electron chi connectivity index (χ0n) is 7.76. The fraction of sp³-hybridized carbons (Fsp3) is 0.889. The van der Waals surface area contributed by atoms with Gasteiger partial charge in [-0.05, 0) is 18.6 Å². The molecule has 0 aliphatic carbocycles. The molecule has 0 aromatic rings. The van der Waals surface area contributed by atoms with Crippen LogP contribution in [0.5, 0.6) is 0 Å². The minimum Gasteiger partial charge on any atom is -0.370 e. The van der Waals surface area contributed by atoms with E-state index in [1.165, 1.54) is 0 Å². The predicted molar refractivity (Wildman–Crippen MR) is 51.6 cm³/mol. The molecule has 0 aromatic heterocycles. The Labute approximate surface area is 78.1 Å². The quantitative estimate of drug-likeness (QED) is 0.674. The Hall–Kier alpha value is -0.0200. The van der Waals surface area contributed by atoms with Gasteiger partial charge in [-0.25, -0.2) is 0 Å². The van der Waals surface area contributed by atoms with Gasteiger partial charge in [0.15, 0.2) is 5.78 Å². The van der Waals surface area contributed by atoms with Crippen LogP contribution in [0.3, 0.4) is 0 Å². The van der Waals surface area contributed by atoms with Gasteiger partial charge >= 0.3 is 0 Å². The molecule has 3 heteroatoms. The molecule has 0 amide bonds. The molecule has 1 aliphatic rings. The van der Waals surface area contributed by atoms with Crippen molar-refractivity contribution in [1.82, 2.24) is 0 Å². The highest BCUT2D eigenvalue weighted by Crippen LogP contribution is 2.32. The average molecular weight is 188 g/mol. The molecule has 0 radical (unpaired) electrons. The summed E-state index contributed by atoms with van der Waals surface area (Å²) in [5.74, 6) is 2.20. The summed E-state index contributed by atoms with van der Waals surface area (Å²) >= 11 is 1.81. The normalized spacial score (nSPS) is 29.2. The van der Waals surface area contributed by atoms with Crippen LogP contribution in [0, 0.1) is 0 Å². The number of hydrogen-bond donors (Lipinski definition) is 0. The summed E-state index contributed by atoms with van der Waals surface area (Å²) in [6, 6.07) is 0. The lowest BCUT2D eigenvalue weighted by atomic mass is 9.94. The molecule has 0 saturated carbocycles. The number of thioether (sulfide) groups is 1. The first kappa shape index (κ1) is 10.1. The molecule has 0 N–H and O–H groups in total. The molecule has 1 heterocycles. The zero-order valence-corrected chi connectivity index (χ0v) is 8.58.